The second kappa shape index (κ2) is 8.97. The van der Waals surface area contributed by atoms with E-state index in [4.69, 9.17) is 21.4 Å². The van der Waals surface area contributed by atoms with Gasteiger partial charge in [-0.1, -0.05) is 24.6 Å². The Morgan fingerprint density at radius 3 is 2.82 bits per heavy atom. The number of aromatic nitrogens is 2. The molecule has 1 aliphatic rings. The Balaban J connectivity index is 2.02. The van der Waals surface area contributed by atoms with Crippen LogP contribution in [0.3, 0.4) is 0 Å². The van der Waals surface area contributed by atoms with Crippen molar-refractivity contribution >= 4 is 17.7 Å². The highest BCUT2D eigenvalue weighted by molar-refractivity contribution is 6.30. The molecule has 3 rings (SSSR count). The molecule has 0 unspecified atom stereocenters. The Bertz CT molecular complexity index is 834. The molecule has 1 aromatic heterocycles. The van der Waals surface area contributed by atoms with Gasteiger partial charge in [0.05, 0.1) is 30.7 Å². The molecule has 1 aromatic carbocycles. The summed E-state index contributed by atoms with van der Waals surface area (Å²) in [4.78, 5) is 16.4. The maximum Gasteiger partial charge on any atom is 0.410 e. The van der Waals surface area contributed by atoms with E-state index in [1.54, 1.807) is 4.90 Å². The molecule has 0 radical (unpaired) electrons. The van der Waals surface area contributed by atoms with E-state index in [1.807, 2.05) is 42.8 Å². The van der Waals surface area contributed by atoms with Gasteiger partial charge in [0, 0.05) is 36.1 Å². The number of carbonyl (C=O) groups is 1. The van der Waals surface area contributed by atoms with Crippen LogP contribution < -0.4 is 0 Å². The maximum atomic E-state index is 12.3. The van der Waals surface area contributed by atoms with Crippen molar-refractivity contribution in [3.63, 3.8) is 0 Å². The number of benzene rings is 1. The van der Waals surface area contributed by atoms with Crippen LogP contribution in [-0.2, 0) is 24.2 Å². The van der Waals surface area contributed by atoms with E-state index in [-0.39, 0.29) is 12.1 Å². The number of hydrogen-bond acceptors (Lipinski definition) is 4. The van der Waals surface area contributed by atoms with E-state index in [2.05, 4.69) is 11.8 Å². The number of ether oxygens (including phenoxy) is 1. The van der Waals surface area contributed by atoms with Gasteiger partial charge in [0.25, 0.3) is 0 Å². The van der Waals surface area contributed by atoms with E-state index >= 15 is 0 Å². The summed E-state index contributed by atoms with van der Waals surface area (Å²) in [5.74, 6) is 0. The fourth-order valence-corrected chi connectivity index (χ4v) is 3.92. The summed E-state index contributed by atoms with van der Waals surface area (Å²) in [6.07, 6.45) is 1.71. The van der Waals surface area contributed by atoms with E-state index < -0.39 is 0 Å². The number of nitrogens with zero attached hydrogens (tertiary/aromatic N) is 4. The lowest BCUT2D eigenvalue weighted by Gasteiger charge is -2.28. The number of amides is 1. The van der Waals surface area contributed by atoms with Crippen LogP contribution in [0.25, 0.3) is 5.69 Å². The summed E-state index contributed by atoms with van der Waals surface area (Å²) in [5.41, 5.74) is 4.30. The summed E-state index contributed by atoms with van der Waals surface area (Å²) in [6.45, 7) is 9.53. The van der Waals surface area contributed by atoms with Crippen LogP contribution in [0.4, 0.5) is 4.79 Å². The molecule has 0 saturated carbocycles. The molecule has 1 aliphatic heterocycles. The topological polar surface area (TPSA) is 50.6 Å². The first-order valence-electron chi connectivity index (χ1n) is 9.87. The molecule has 0 spiro atoms. The SMILES string of the molecule is CCCN1CCc2c(c(CN(C(=O)OC)C(C)C)nn2-c2cccc(Cl)c2)C1. The van der Waals surface area contributed by atoms with E-state index in [0.29, 0.717) is 11.6 Å². The van der Waals surface area contributed by atoms with Crippen molar-refractivity contribution < 1.29 is 9.53 Å². The van der Waals surface area contributed by atoms with Crippen molar-refractivity contribution in [1.82, 2.24) is 19.6 Å². The Morgan fingerprint density at radius 2 is 2.18 bits per heavy atom. The predicted molar refractivity (Wildman–Crippen MR) is 111 cm³/mol. The van der Waals surface area contributed by atoms with Gasteiger partial charge in [0.15, 0.2) is 0 Å². The van der Waals surface area contributed by atoms with Crippen LogP contribution in [0.1, 0.15) is 44.1 Å². The second-order valence-electron chi connectivity index (χ2n) is 7.48. The molecule has 0 aliphatic carbocycles. The standard InChI is InChI=1S/C21H29ClN4O2/c1-5-10-24-11-9-20-18(13-24)19(14-25(15(2)3)21(27)28-4)23-26(20)17-8-6-7-16(22)12-17/h6-8,12,15H,5,9-11,13-14H2,1-4H3. The first kappa shape index (κ1) is 20.7. The minimum Gasteiger partial charge on any atom is -0.453 e. The predicted octanol–water partition coefficient (Wildman–Crippen LogP) is 4.27. The van der Waals surface area contributed by atoms with Crippen molar-refractivity contribution in [2.24, 2.45) is 0 Å². The third-order valence-corrected chi connectivity index (χ3v) is 5.40. The average Bonchev–Trinajstić information content (AvgIpc) is 3.03. The minimum atomic E-state index is -0.331. The van der Waals surface area contributed by atoms with Crippen LogP contribution >= 0.6 is 11.6 Å². The molecule has 0 bridgehead atoms. The molecule has 0 atom stereocenters. The molecule has 28 heavy (non-hydrogen) atoms. The zero-order valence-corrected chi connectivity index (χ0v) is 17.9. The molecule has 1 amide bonds. The van der Waals surface area contributed by atoms with Crippen LogP contribution in [0.15, 0.2) is 24.3 Å². The quantitative estimate of drug-likeness (QED) is 0.721. The highest BCUT2D eigenvalue weighted by Crippen LogP contribution is 2.28. The van der Waals surface area contributed by atoms with Gasteiger partial charge in [0.1, 0.15) is 0 Å². The normalized spacial score (nSPS) is 14.2. The van der Waals surface area contributed by atoms with Crippen molar-refractivity contribution in [2.75, 3.05) is 20.2 Å². The first-order chi connectivity index (χ1) is 13.4. The molecule has 0 fully saturated rings. The third kappa shape index (κ3) is 4.33. The molecular formula is C21H29ClN4O2. The van der Waals surface area contributed by atoms with Gasteiger partial charge in [-0.25, -0.2) is 9.48 Å². The van der Waals surface area contributed by atoms with Crippen molar-refractivity contribution in [3.05, 3.63) is 46.2 Å². The third-order valence-electron chi connectivity index (χ3n) is 5.16. The molecular weight excluding hydrogens is 376 g/mol. The Morgan fingerprint density at radius 1 is 1.39 bits per heavy atom. The lowest BCUT2D eigenvalue weighted by atomic mass is 10.0. The van der Waals surface area contributed by atoms with Gasteiger partial charge in [0.2, 0.25) is 0 Å². The molecule has 2 heterocycles. The van der Waals surface area contributed by atoms with E-state index in [9.17, 15) is 4.79 Å². The number of halogens is 1. The van der Waals surface area contributed by atoms with Crippen LogP contribution in [-0.4, -0.2) is 51.9 Å². The minimum absolute atomic E-state index is 0.0229. The highest BCUT2D eigenvalue weighted by atomic mass is 35.5. The Kier molecular flexibility index (Phi) is 6.62. The van der Waals surface area contributed by atoms with E-state index in [1.165, 1.54) is 18.4 Å². The lowest BCUT2D eigenvalue weighted by molar-refractivity contribution is 0.107. The van der Waals surface area contributed by atoms with Crippen molar-refractivity contribution in [1.29, 1.82) is 0 Å². The van der Waals surface area contributed by atoms with Gasteiger partial charge in [-0.05, 0) is 45.0 Å². The fraction of sp³-hybridized carbons (Fsp3) is 0.524. The zero-order chi connectivity index (χ0) is 20.3. The fourth-order valence-electron chi connectivity index (χ4n) is 3.73. The summed E-state index contributed by atoms with van der Waals surface area (Å²) >= 11 is 6.22. The van der Waals surface area contributed by atoms with Crippen LogP contribution in [0.2, 0.25) is 5.02 Å². The Labute approximate surface area is 172 Å². The molecule has 152 valence electrons. The summed E-state index contributed by atoms with van der Waals surface area (Å²) in [5, 5.41) is 5.60. The van der Waals surface area contributed by atoms with Crippen LogP contribution in [0, 0.1) is 0 Å². The maximum absolute atomic E-state index is 12.3. The summed E-state index contributed by atoms with van der Waals surface area (Å²) in [6, 6.07) is 7.77. The number of carbonyl (C=O) groups excluding carboxylic acids is 1. The lowest BCUT2D eigenvalue weighted by Crippen LogP contribution is -2.37. The van der Waals surface area contributed by atoms with Gasteiger partial charge < -0.3 is 4.74 Å². The van der Waals surface area contributed by atoms with Gasteiger partial charge in [-0.2, -0.15) is 5.10 Å². The summed E-state index contributed by atoms with van der Waals surface area (Å²) < 4.78 is 6.98. The molecule has 0 saturated heterocycles. The summed E-state index contributed by atoms with van der Waals surface area (Å²) in [7, 11) is 1.42. The smallest absolute Gasteiger partial charge is 0.410 e. The van der Waals surface area contributed by atoms with Crippen molar-refractivity contribution in [3.8, 4) is 5.69 Å². The second-order valence-corrected chi connectivity index (χ2v) is 7.92. The van der Waals surface area contributed by atoms with E-state index in [0.717, 1.165) is 43.9 Å². The monoisotopic (exact) mass is 404 g/mol. The average molecular weight is 405 g/mol. The van der Waals surface area contributed by atoms with Crippen molar-refractivity contribution in [2.45, 2.75) is 52.7 Å². The van der Waals surface area contributed by atoms with Gasteiger partial charge in [-0.3, -0.25) is 9.80 Å². The highest BCUT2D eigenvalue weighted by Gasteiger charge is 2.28. The Hall–Kier alpha value is -2.05. The molecule has 0 N–H and O–H groups in total. The first-order valence-corrected chi connectivity index (χ1v) is 10.2. The largest absolute Gasteiger partial charge is 0.453 e. The molecule has 6 nitrogen and oxygen atoms in total. The number of methoxy groups -OCH3 is 1. The van der Waals surface area contributed by atoms with Gasteiger partial charge >= 0.3 is 6.09 Å². The van der Waals surface area contributed by atoms with Gasteiger partial charge in [-0.15, -0.1) is 0 Å². The molecule has 7 heteroatoms. The molecule has 2 aromatic rings. The number of rotatable bonds is 6. The zero-order valence-electron chi connectivity index (χ0n) is 17.1. The number of fused-ring (bicyclic) bond motifs is 1. The number of hydrogen-bond donors (Lipinski definition) is 0. The van der Waals surface area contributed by atoms with Crippen LogP contribution in [0.5, 0.6) is 0 Å².